The lowest BCUT2D eigenvalue weighted by Gasteiger charge is -2.06. The molecule has 17 heavy (non-hydrogen) atoms. The molecule has 2 heterocycles. The van der Waals surface area contributed by atoms with Crippen LogP contribution in [0, 0.1) is 6.92 Å². The molecule has 0 atom stereocenters. The van der Waals surface area contributed by atoms with Gasteiger partial charge in [-0.3, -0.25) is 4.79 Å². The first kappa shape index (κ1) is 11.5. The lowest BCUT2D eigenvalue weighted by Crippen LogP contribution is -2.20. The van der Waals surface area contributed by atoms with Crippen LogP contribution >= 0.6 is 11.6 Å². The quantitative estimate of drug-likeness (QED) is 0.870. The molecular formula is C10H10ClN5O. The average molecular weight is 252 g/mol. The van der Waals surface area contributed by atoms with Crippen molar-refractivity contribution < 1.29 is 0 Å². The molecule has 0 aromatic carbocycles. The molecule has 0 amide bonds. The number of anilines is 2. The normalized spacial score (nSPS) is 10.3. The van der Waals surface area contributed by atoms with Crippen LogP contribution in [0.15, 0.2) is 23.4 Å². The number of halogens is 1. The molecule has 0 unspecified atom stereocenters. The van der Waals surface area contributed by atoms with E-state index in [0.29, 0.717) is 5.69 Å². The van der Waals surface area contributed by atoms with Crippen LogP contribution in [0.3, 0.4) is 0 Å². The fourth-order valence-corrected chi connectivity index (χ4v) is 1.55. The van der Waals surface area contributed by atoms with Gasteiger partial charge in [0.2, 0.25) is 11.2 Å². The highest BCUT2D eigenvalue weighted by molar-refractivity contribution is 6.28. The van der Waals surface area contributed by atoms with Crippen molar-refractivity contribution >= 4 is 23.2 Å². The Kier molecular flexibility index (Phi) is 3.06. The van der Waals surface area contributed by atoms with Crippen molar-refractivity contribution in [3.05, 3.63) is 39.8 Å². The van der Waals surface area contributed by atoms with Crippen LogP contribution in [-0.2, 0) is 7.05 Å². The van der Waals surface area contributed by atoms with Gasteiger partial charge in [-0.25, -0.2) is 9.97 Å². The lowest BCUT2D eigenvalue weighted by atomic mass is 10.3. The second-order valence-corrected chi connectivity index (χ2v) is 3.89. The molecule has 0 aliphatic heterocycles. The van der Waals surface area contributed by atoms with E-state index < -0.39 is 0 Å². The molecule has 6 nitrogen and oxygen atoms in total. The molecule has 2 rings (SSSR count). The molecule has 0 spiro atoms. The van der Waals surface area contributed by atoms with Crippen molar-refractivity contribution in [2.24, 2.45) is 7.05 Å². The lowest BCUT2D eigenvalue weighted by molar-refractivity contribution is 0.854. The maximum atomic E-state index is 11.8. The summed E-state index contributed by atoms with van der Waals surface area (Å²) in [5.41, 5.74) is 1.19. The molecule has 0 saturated carbocycles. The predicted molar refractivity (Wildman–Crippen MR) is 64.5 cm³/mol. The van der Waals surface area contributed by atoms with E-state index in [9.17, 15) is 4.79 Å². The molecule has 0 fully saturated rings. The first-order valence-corrected chi connectivity index (χ1v) is 5.23. The van der Waals surface area contributed by atoms with Crippen molar-refractivity contribution in [3.8, 4) is 0 Å². The van der Waals surface area contributed by atoms with Gasteiger partial charge in [-0.15, -0.1) is 0 Å². The maximum absolute atomic E-state index is 11.8. The molecule has 88 valence electrons. The Morgan fingerprint density at radius 1 is 1.41 bits per heavy atom. The number of hydrogen-bond acceptors (Lipinski definition) is 5. The van der Waals surface area contributed by atoms with Gasteiger partial charge in [0.15, 0.2) is 0 Å². The van der Waals surface area contributed by atoms with Gasteiger partial charge in [0, 0.05) is 13.2 Å². The first-order valence-electron chi connectivity index (χ1n) is 4.85. The molecule has 7 heteroatoms. The standard InChI is InChI=1S/C10H10ClN5O/c1-6-3-7(8(17)16(2)4-6)14-10-13-5-12-9(11)15-10/h3-5H,1-2H3,(H,12,13,14,15). The minimum atomic E-state index is -0.160. The SMILES string of the molecule is Cc1cc(Nc2ncnc(Cl)n2)c(=O)n(C)c1. The van der Waals surface area contributed by atoms with Crippen LogP contribution in [-0.4, -0.2) is 19.5 Å². The summed E-state index contributed by atoms with van der Waals surface area (Å²) < 4.78 is 1.49. The van der Waals surface area contributed by atoms with Gasteiger partial charge in [-0.1, -0.05) is 0 Å². The van der Waals surface area contributed by atoms with E-state index in [-0.39, 0.29) is 16.8 Å². The minimum absolute atomic E-state index is 0.0759. The van der Waals surface area contributed by atoms with Crippen molar-refractivity contribution in [1.82, 2.24) is 19.5 Å². The Hall–Kier alpha value is -1.95. The van der Waals surface area contributed by atoms with Crippen LogP contribution < -0.4 is 10.9 Å². The molecule has 0 aliphatic rings. The second-order valence-electron chi connectivity index (χ2n) is 3.55. The highest BCUT2D eigenvalue weighted by Crippen LogP contribution is 2.10. The van der Waals surface area contributed by atoms with E-state index in [2.05, 4.69) is 20.3 Å². The fraction of sp³-hybridized carbons (Fsp3) is 0.200. The molecule has 0 aliphatic carbocycles. The van der Waals surface area contributed by atoms with Gasteiger partial charge in [-0.05, 0) is 30.2 Å². The monoisotopic (exact) mass is 251 g/mol. The number of pyridine rings is 1. The van der Waals surface area contributed by atoms with Crippen LogP contribution in [0.2, 0.25) is 5.28 Å². The summed E-state index contributed by atoms with van der Waals surface area (Å²) in [6.07, 6.45) is 3.02. The van der Waals surface area contributed by atoms with Gasteiger partial charge in [-0.2, -0.15) is 4.98 Å². The van der Waals surface area contributed by atoms with Crippen molar-refractivity contribution in [2.45, 2.75) is 6.92 Å². The fourth-order valence-electron chi connectivity index (χ4n) is 1.43. The van der Waals surface area contributed by atoms with Crippen molar-refractivity contribution in [2.75, 3.05) is 5.32 Å². The topological polar surface area (TPSA) is 72.7 Å². The van der Waals surface area contributed by atoms with E-state index in [4.69, 9.17) is 11.6 Å². The summed E-state index contributed by atoms with van der Waals surface area (Å²) in [6.45, 7) is 1.89. The Labute approximate surface area is 102 Å². The van der Waals surface area contributed by atoms with Crippen LogP contribution in [0.1, 0.15) is 5.56 Å². The van der Waals surface area contributed by atoms with E-state index >= 15 is 0 Å². The highest BCUT2D eigenvalue weighted by Gasteiger charge is 2.05. The molecule has 2 aromatic heterocycles. The Bertz CT molecular complexity index is 610. The minimum Gasteiger partial charge on any atom is -0.319 e. The average Bonchev–Trinajstić information content (AvgIpc) is 2.25. The maximum Gasteiger partial charge on any atom is 0.274 e. The van der Waals surface area contributed by atoms with Gasteiger partial charge >= 0.3 is 0 Å². The molecule has 2 aromatic rings. The number of aromatic nitrogens is 4. The van der Waals surface area contributed by atoms with Gasteiger partial charge in [0.1, 0.15) is 12.0 Å². The molecule has 0 radical (unpaired) electrons. The third kappa shape index (κ3) is 2.59. The summed E-state index contributed by atoms with van der Waals surface area (Å²) in [5.74, 6) is 0.243. The molecule has 0 bridgehead atoms. The van der Waals surface area contributed by atoms with Crippen LogP contribution in [0.5, 0.6) is 0 Å². The van der Waals surface area contributed by atoms with Crippen molar-refractivity contribution in [3.63, 3.8) is 0 Å². The predicted octanol–water partition coefficient (Wildman–Crippen LogP) is 1.28. The molecular weight excluding hydrogens is 242 g/mol. The van der Waals surface area contributed by atoms with E-state index in [1.165, 1.54) is 10.9 Å². The zero-order valence-corrected chi connectivity index (χ0v) is 10.1. The summed E-state index contributed by atoms with van der Waals surface area (Å²) in [4.78, 5) is 23.2. The molecule has 0 saturated heterocycles. The third-order valence-electron chi connectivity index (χ3n) is 2.11. The number of rotatable bonds is 2. The van der Waals surface area contributed by atoms with Crippen LogP contribution in [0.25, 0.3) is 0 Å². The summed E-state index contributed by atoms with van der Waals surface area (Å²) in [7, 11) is 1.68. The van der Waals surface area contributed by atoms with Crippen molar-refractivity contribution in [1.29, 1.82) is 0 Å². The number of aryl methyl sites for hydroxylation is 2. The van der Waals surface area contributed by atoms with E-state index in [1.54, 1.807) is 19.3 Å². The Balaban J connectivity index is 2.40. The zero-order valence-electron chi connectivity index (χ0n) is 9.31. The number of nitrogens with zero attached hydrogens (tertiary/aromatic N) is 4. The largest absolute Gasteiger partial charge is 0.319 e. The Morgan fingerprint density at radius 3 is 2.88 bits per heavy atom. The molecule has 1 N–H and O–H groups in total. The summed E-state index contributed by atoms with van der Waals surface area (Å²) >= 11 is 5.63. The van der Waals surface area contributed by atoms with E-state index in [1.807, 2.05) is 6.92 Å². The Morgan fingerprint density at radius 2 is 2.18 bits per heavy atom. The van der Waals surface area contributed by atoms with E-state index in [0.717, 1.165) is 5.56 Å². The summed E-state index contributed by atoms with van der Waals surface area (Å²) in [5, 5.41) is 2.89. The second kappa shape index (κ2) is 4.50. The van der Waals surface area contributed by atoms with Crippen LogP contribution in [0.4, 0.5) is 11.6 Å². The van der Waals surface area contributed by atoms with Gasteiger partial charge < -0.3 is 9.88 Å². The third-order valence-corrected chi connectivity index (χ3v) is 2.29. The number of nitrogens with one attached hydrogen (secondary N) is 1. The van der Waals surface area contributed by atoms with Gasteiger partial charge in [0.25, 0.3) is 5.56 Å². The highest BCUT2D eigenvalue weighted by atomic mass is 35.5. The first-order chi connectivity index (χ1) is 8.06. The smallest absolute Gasteiger partial charge is 0.274 e. The van der Waals surface area contributed by atoms with Gasteiger partial charge in [0.05, 0.1) is 0 Å². The summed E-state index contributed by atoms with van der Waals surface area (Å²) in [6, 6.07) is 1.72. The number of hydrogen-bond donors (Lipinski definition) is 1. The zero-order chi connectivity index (χ0) is 12.4.